The van der Waals surface area contributed by atoms with Gasteiger partial charge in [0.25, 0.3) is 0 Å². The summed E-state index contributed by atoms with van der Waals surface area (Å²) in [7, 11) is -1.84. The molecule has 2 N–H and O–H groups in total. The molecule has 0 heterocycles. The standard InChI is InChI=1S/C14H21NO3S/c1-10-4-3-5-12(8-10)19(16,17)14-9-11(18-2)6-7-13(14)15/h6-7,9-10,12H,3-5,8,15H2,1-2H3. The van der Waals surface area contributed by atoms with E-state index in [1.54, 1.807) is 12.1 Å². The van der Waals surface area contributed by atoms with Crippen LogP contribution in [0.15, 0.2) is 23.1 Å². The lowest BCUT2D eigenvalue weighted by Crippen LogP contribution is -2.28. The zero-order valence-corrected chi connectivity index (χ0v) is 12.2. The molecule has 106 valence electrons. The van der Waals surface area contributed by atoms with E-state index in [1.807, 2.05) is 0 Å². The van der Waals surface area contributed by atoms with Gasteiger partial charge in [-0.15, -0.1) is 0 Å². The maximum atomic E-state index is 12.7. The summed E-state index contributed by atoms with van der Waals surface area (Å²) in [4.78, 5) is 0.214. The molecule has 2 unspecified atom stereocenters. The van der Waals surface area contributed by atoms with E-state index >= 15 is 0 Å². The minimum atomic E-state index is -3.36. The molecule has 1 aliphatic rings. The average Bonchev–Trinajstić information content (AvgIpc) is 2.39. The van der Waals surface area contributed by atoms with Gasteiger partial charge in [-0.1, -0.05) is 19.8 Å². The molecular weight excluding hydrogens is 262 g/mol. The highest BCUT2D eigenvalue weighted by atomic mass is 32.2. The first-order valence-electron chi connectivity index (χ1n) is 6.62. The zero-order chi connectivity index (χ0) is 14.0. The highest BCUT2D eigenvalue weighted by Crippen LogP contribution is 2.35. The number of ether oxygens (including phenoxy) is 1. The van der Waals surface area contributed by atoms with E-state index in [1.165, 1.54) is 13.2 Å². The summed E-state index contributed by atoms with van der Waals surface area (Å²) >= 11 is 0. The molecule has 0 saturated heterocycles. The van der Waals surface area contributed by atoms with Crippen molar-refractivity contribution < 1.29 is 13.2 Å². The van der Waals surface area contributed by atoms with Crippen LogP contribution >= 0.6 is 0 Å². The van der Waals surface area contributed by atoms with E-state index in [2.05, 4.69) is 6.92 Å². The van der Waals surface area contributed by atoms with Crippen LogP contribution in [0.1, 0.15) is 32.6 Å². The second-order valence-corrected chi connectivity index (χ2v) is 7.54. The minimum absolute atomic E-state index is 0.214. The second kappa shape index (κ2) is 5.41. The SMILES string of the molecule is COc1ccc(N)c(S(=O)(=O)C2CCCC(C)C2)c1. The van der Waals surface area contributed by atoms with Gasteiger partial charge in [0, 0.05) is 6.07 Å². The second-order valence-electron chi connectivity index (χ2n) is 5.34. The van der Waals surface area contributed by atoms with Gasteiger partial charge in [-0.3, -0.25) is 0 Å². The van der Waals surface area contributed by atoms with Gasteiger partial charge in [0.1, 0.15) is 5.75 Å². The van der Waals surface area contributed by atoms with Crippen molar-refractivity contribution >= 4 is 15.5 Å². The Bertz CT molecular complexity index is 554. The Labute approximate surface area is 114 Å². The topological polar surface area (TPSA) is 69.4 Å². The summed E-state index contributed by atoms with van der Waals surface area (Å²) in [5.74, 6) is 0.983. The van der Waals surface area contributed by atoms with Crippen molar-refractivity contribution in [3.05, 3.63) is 18.2 Å². The van der Waals surface area contributed by atoms with E-state index in [-0.39, 0.29) is 10.1 Å². The number of benzene rings is 1. The molecule has 0 aliphatic heterocycles. The summed E-state index contributed by atoms with van der Waals surface area (Å²) < 4.78 is 30.5. The van der Waals surface area contributed by atoms with Crippen LogP contribution in [-0.4, -0.2) is 20.8 Å². The number of nitrogen functional groups attached to an aromatic ring is 1. The number of methoxy groups -OCH3 is 1. The van der Waals surface area contributed by atoms with E-state index < -0.39 is 9.84 Å². The fourth-order valence-electron chi connectivity index (χ4n) is 2.73. The highest BCUT2D eigenvalue weighted by molar-refractivity contribution is 7.92. The van der Waals surface area contributed by atoms with Gasteiger partial charge in [0.15, 0.2) is 9.84 Å². The van der Waals surface area contributed by atoms with E-state index in [9.17, 15) is 8.42 Å². The summed E-state index contributed by atoms with van der Waals surface area (Å²) in [5.41, 5.74) is 6.14. The molecule has 4 nitrogen and oxygen atoms in total. The zero-order valence-electron chi connectivity index (χ0n) is 11.4. The number of nitrogens with two attached hydrogens (primary N) is 1. The summed E-state index contributed by atoms with van der Waals surface area (Å²) in [5, 5.41) is -0.314. The molecule has 1 aliphatic carbocycles. The molecule has 0 spiro atoms. The van der Waals surface area contributed by atoms with Gasteiger partial charge >= 0.3 is 0 Å². The molecule has 1 saturated carbocycles. The molecule has 0 aromatic heterocycles. The number of hydrogen-bond donors (Lipinski definition) is 1. The largest absolute Gasteiger partial charge is 0.497 e. The van der Waals surface area contributed by atoms with Gasteiger partial charge in [-0.05, 0) is 30.9 Å². The molecule has 2 rings (SSSR count). The fourth-order valence-corrected chi connectivity index (χ4v) is 4.82. The molecular formula is C14H21NO3S. The third kappa shape index (κ3) is 2.86. The monoisotopic (exact) mass is 283 g/mol. The van der Waals surface area contributed by atoms with Crippen LogP contribution in [0, 0.1) is 5.92 Å². The molecule has 2 atom stereocenters. The van der Waals surface area contributed by atoms with Crippen LogP contribution < -0.4 is 10.5 Å². The lowest BCUT2D eigenvalue weighted by atomic mass is 9.91. The average molecular weight is 283 g/mol. The maximum absolute atomic E-state index is 12.7. The van der Waals surface area contributed by atoms with Crippen molar-refractivity contribution in [1.82, 2.24) is 0 Å². The summed E-state index contributed by atoms with van der Waals surface area (Å²) in [6, 6.07) is 4.81. The van der Waals surface area contributed by atoms with Crippen molar-refractivity contribution in [3.8, 4) is 5.75 Å². The van der Waals surface area contributed by atoms with Crippen LogP contribution in [0.25, 0.3) is 0 Å². The van der Waals surface area contributed by atoms with E-state index in [0.29, 0.717) is 17.4 Å². The number of hydrogen-bond acceptors (Lipinski definition) is 4. The molecule has 1 aromatic carbocycles. The first-order valence-corrected chi connectivity index (χ1v) is 8.17. The predicted molar refractivity (Wildman–Crippen MR) is 76.0 cm³/mol. The smallest absolute Gasteiger partial charge is 0.183 e. The number of sulfone groups is 1. The predicted octanol–water partition coefficient (Wildman–Crippen LogP) is 2.63. The van der Waals surface area contributed by atoms with Gasteiger partial charge in [0.05, 0.1) is 22.9 Å². The first-order chi connectivity index (χ1) is 8.95. The minimum Gasteiger partial charge on any atom is -0.497 e. The van der Waals surface area contributed by atoms with Crippen LogP contribution in [0.5, 0.6) is 5.75 Å². The van der Waals surface area contributed by atoms with Gasteiger partial charge < -0.3 is 10.5 Å². The van der Waals surface area contributed by atoms with Gasteiger partial charge in [0.2, 0.25) is 0 Å². The normalized spacial score (nSPS) is 24.1. The lowest BCUT2D eigenvalue weighted by Gasteiger charge is -2.27. The van der Waals surface area contributed by atoms with Crippen molar-refractivity contribution in [2.45, 2.75) is 42.8 Å². The Morgan fingerprint density at radius 2 is 2.05 bits per heavy atom. The molecule has 0 bridgehead atoms. The summed E-state index contributed by atoms with van der Waals surface area (Å²) in [6.45, 7) is 2.11. The van der Waals surface area contributed by atoms with E-state index in [4.69, 9.17) is 10.5 Å². The third-order valence-corrected chi connectivity index (χ3v) is 6.13. The first kappa shape index (κ1) is 14.2. The highest BCUT2D eigenvalue weighted by Gasteiger charge is 2.32. The van der Waals surface area contributed by atoms with Gasteiger partial charge in [-0.25, -0.2) is 8.42 Å². The number of anilines is 1. The van der Waals surface area contributed by atoms with Crippen molar-refractivity contribution in [1.29, 1.82) is 0 Å². The van der Waals surface area contributed by atoms with Crippen LogP contribution in [0.2, 0.25) is 0 Å². The van der Waals surface area contributed by atoms with Crippen molar-refractivity contribution in [2.75, 3.05) is 12.8 Å². The van der Waals surface area contributed by atoms with Crippen LogP contribution in [-0.2, 0) is 9.84 Å². The number of rotatable bonds is 3. The third-order valence-electron chi connectivity index (χ3n) is 3.85. The molecule has 19 heavy (non-hydrogen) atoms. The Kier molecular flexibility index (Phi) is 4.04. The Hall–Kier alpha value is -1.23. The molecule has 0 amide bonds. The molecule has 1 aromatic rings. The van der Waals surface area contributed by atoms with Crippen molar-refractivity contribution in [2.24, 2.45) is 5.92 Å². The van der Waals surface area contributed by atoms with Crippen molar-refractivity contribution in [3.63, 3.8) is 0 Å². The van der Waals surface area contributed by atoms with Crippen LogP contribution in [0.3, 0.4) is 0 Å². The Morgan fingerprint density at radius 1 is 1.32 bits per heavy atom. The lowest BCUT2D eigenvalue weighted by molar-refractivity contribution is 0.381. The quantitative estimate of drug-likeness (QED) is 0.866. The van der Waals surface area contributed by atoms with Crippen LogP contribution in [0.4, 0.5) is 5.69 Å². The fraction of sp³-hybridized carbons (Fsp3) is 0.571. The van der Waals surface area contributed by atoms with E-state index in [0.717, 1.165) is 25.7 Å². The Morgan fingerprint density at radius 3 is 2.68 bits per heavy atom. The Balaban J connectivity index is 2.38. The molecule has 0 radical (unpaired) electrons. The summed E-state index contributed by atoms with van der Waals surface area (Å²) in [6.07, 6.45) is 3.52. The van der Waals surface area contributed by atoms with Gasteiger partial charge in [-0.2, -0.15) is 0 Å². The maximum Gasteiger partial charge on any atom is 0.183 e. The molecule has 5 heteroatoms. The molecule has 1 fully saturated rings.